The number of nitrogens with two attached hydrogens (primary N) is 1. The molecule has 1 amide bonds. The molecule has 1 unspecified atom stereocenters. The minimum Gasteiger partial charge on any atom is -0.495 e. The van der Waals surface area contributed by atoms with Crippen LogP contribution in [0.1, 0.15) is 51.4 Å². The van der Waals surface area contributed by atoms with Gasteiger partial charge in [-0.3, -0.25) is 4.79 Å². The van der Waals surface area contributed by atoms with Gasteiger partial charge in [-0.15, -0.1) is 0 Å². The van der Waals surface area contributed by atoms with Crippen molar-refractivity contribution in [1.82, 2.24) is 10.0 Å². The van der Waals surface area contributed by atoms with E-state index in [1.54, 1.807) is 13.8 Å². The first-order valence-electron chi connectivity index (χ1n) is 8.67. The van der Waals surface area contributed by atoms with Crippen molar-refractivity contribution in [1.29, 1.82) is 0 Å². The summed E-state index contributed by atoms with van der Waals surface area (Å²) in [5.74, 6) is 0.159. The molecular formula is C18H31N3O4S. The molecule has 0 aliphatic heterocycles. The van der Waals surface area contributed by atoms with Crippen LogP contribution in [0, 0.1) is 5.92 Å². The van der Waals surface area contributed by atoms with Crippen LogP contribution < -0.4 is 20.5 Å². The Labute approximate surface area is 156 Å². The number of carbonyl (C=O) groups is 1. The average Bonchev–Trinajstić information content (AvgIpc) is 2.52. The lowest BCUT2D eigenvalue weighted by Crippen LogP contribution is -2.52. The van der Waals surface area contributed by atoms with Gasteiger partial charge in [0.2, 0.25) is 10.0 Å². The smallest absolute Gasteiger partial charge is 0.251 e. The van der Waals surface area contributed by atoms with E-state index < -0.39 is 15.6 Å². The number of carbonyl (C=O) groups excluding carboxylic acids is 1. The zero-order chi connectivity index (χ0) is 20.1. The zero-order valence-corrected chi connectivity index (χ0v) is 17.2. The molecule has 1 aromatic carbocycles. The summed E-state index contributed by atoms with van der Waals surface area (Å²) >= 11 is 0. The highest BCUT2D eigenvalue weighted by molar-refractivity contribution is 7.89. The molecule has 4 N–H and O–H groups in total. The molecule has 0 radical (unpaired) electrons. The highest BCUT2D eigenvalue weighted by Gasteiger charge is 2.28. The van der Waals surface area contributed by atoms with E-state index in [9.17, 15) is 13.2 Å². The third-order valence-corrected chi connectivity index (χ3v) is 5.51. The summed E-state index contributed by atoms with van der Waals surface area (Å²) in [4.78, 5) is 12.6. The molecule has 148 valence electrons. The Bertz CT molecular complexity index is 732. The molecule has 26 heavy (non-hydrogen) atoms. The lowest BCUT2D eigenvalue weighted by Gasteiger charge is -2.31. The van der Waals surface area contributed by atoms with E-state index in [1.807, 2.05) is 6.92 Å². The molecule has 0 saturated heterocycles. The van der Waals surface area contributed by atoms with Gasteiger partial charge in [-0.05, 0) is 51.3 Å². The fraction of sp³-hybridized carbons (Fsp3) is 0.611. The maximum Gasteiger partial charge on any atom is 0.251 e. The number of rotatable bonds is 9. The second-order valence-corrected chi connectivity index (χ2v) is 9.14. The monoisotopic (exact) mass is 385 g/mol. The van der Waals surface area contributed by atoms with Gasteiger partial charge >= 0.3 is 0 Å². The maximum atomic E-state index is 12.7. The number of ether oxygens (including phenoxy) is 1. The third kappa shape index (κ3) is 5.96. The van der Waals surface area contributed by atoms with E-state index in [0.29, 0.717) is 12.3 Å². The van der Waals surface area contributed by atoms with Crippen LogP contribution in [0.3, 0.4) is 0 Å². The Kier molecular flexibility index (Phi) is 7.61. The van der Waals surface area contributed by atoms with Gasteiger partial charge in [0.25, 0.3) is 5.91 Å². The van der Waals surface area contributed by atoms with Crippen LogP contribution in [0.15, 0.2) is 23.1 Å². The largest absolute Gasteiger partial charge is 0.495 e. The second-order valence-electron chi connectivity index (χ2n) is 7.46. The van der Waals surface area contributed by atoms with Crippen molar-refractivity contribution >= 4 is 15.9 Å². The first-order valence-corrected chi connectivity index (χ1v) is 10.2. The van der Waals surface area contributed by atoms with Gasteiger partial charge in [-0.2, -0.15) is 0 Å². The molecule has 0 heterocycles. The number of benzene rings is 1. The van der Waals surface area contributed by atoms with Crippen LogP contribution in [-0.4, -0.2) is 39.6 Å². The Morgan fingerprint density at radius 1 is 1.27 bits per heavy atom. The van der Waals surface area contributed by atoms with E-state index in [0.717, 1.165) is 0 Å². The van der Waals surface area contributed by atoms with Crippen LogP contribution in [0.4, 0.5) is 0 Å². The molecule has 1 atom stereocenters. The van der Waals surface area contributed by atoms with Gasteiger partial charge in [0, 0.05) is 23.7 Å². The SMILES string of the molecule is COc1ccc(C(=O)NC(C)(CN)CC(C)C)cc1S(=O)(=O)NC(C)C. The highest BCUT2D eigenvalue weighted by Crippen LogP contribution is 2.26. The summed E-state index contributed by atoms with van der Waals surface area (Å²) in [6.07, 6.45) is 0.714. The quantitative estimate of drug-likeness (QED) is 0.601. The Morgan fingerprint density at radius 2 is 1.88 bits per heavy atom. The summed E-state index contributed by atoms with van der Waals surface area (Å²) < 4.78 is 32.7. The predicted molar refractivity (Wildman–Crippen MR) is 103 cm³/mol. The van der Waals surface area contributed by atoms with Gasteiger partial charge < -0.3 is 15.8 Å². The standard InChI is InChI=1S/C18H31N3O4S/c1-12(2)10-18(5,11-19)20-17(22)14-7-8-15(25-6)16(9-14)26(23,24)21-13(3)4/h7-9,12-13,21H,10-11,19H2,1-6H3,(H,20,22). The molecule has 0 bridgehead atoms. The fourth-order valence-electron chi connectivity index (χ4n) is 2.83. The van der Waals surface area contributed by atoms with Crippen molar-refractivity contribution in [3.8, 4) is 5.75 Å². The van der Waals surface area contributed by atoms with Crippen molar-refractivity contribution in [3.63, 3.8) is 0 Å². The normalized spacial score (nSPS) is 14.3. The molecule has 0 aromatic heterocycles. The Hall–Kier alpha value is -1.64. The van der Waals surface area contributed by atoms with Gasteiger partial charge in [-0.25, -0.2) is 13.1 Å². The molecule has 0 fully saturated rings. The predicted octanol–water partition coefficient (Wildman–Crippen LogP) is 1.88. The molecule has 0 aliphatic rings. The Morgan fingerprint density at radius 3 is 2.35 bits per heavy atom. The molecular weight excluding hydrogens is 354 g/mol. The van der Waals surface area contributed by atoms with Gasteiger partial charge in [0.05, 0.1) is 7.11 Å². The molecule has 0 aliphatic carbocycles. The summed E-state index contributed by atoms with van der Waals surface area (Å²) in [5.41, 5.74) is 5.51. The van der Waals surface area contributed by atoms with E-state index in [-0.39, 0.29) is 34.7 Å². The fourth-order valence-corrected chi connectivity index (χ4v) is 4.28. The number of sulfonamides is 1. The Balaban J connectivity index is 3.22. The topological polar surface area (TPSA) is 111 Å². The van der Waals surface area contributed by atoms with Crippen molar-refractivity contribution in [3.05, 3.63) is 23.8 Å². The number of hydrogen-bond donors (Lipinski definition) is 3. The van der Waals surface area contributed by atoms with Crippen molar-refractivity contribution in [2.24, 2.45) is 11.7 Å². The van der Waals surface area contributed by atoms with Gasteiger partial charge in [0.1, 0.15) is 10.6 Å². The van der Waals surface area contributed by atoms with Gasteiger partial charge in [0.15, 0.2) is 0 Å². The van der Waals surface area contributed by atoms with Crippen LogP contribution in [0.5, 0.6) is 5.75 Å². The van der Waals surface area contributed by atoms with Crippen LogP contribution in [-0.2, 0) is 10.0 Å². The number of amides is 1. The summed E-state index contributed by atoms with van der Waals surface area (Å²) in [6, 6.07) is 4.06. The first kappa shape index (κ1) is 22.4. The summed E-state index contributed by atoms with van der Waals surface area (Å²) in [6.45, 7) is 9.71. The van der Waals surface area contributed by atoms with E-state index >= 15 is 0 Å². The molecule has 7 nitrogen and oxygen atoms in total. The lowest BCUT2D eigenvalue weighted by atomic mass is 9.90. The van der Waals surface area contributed by atoms with Gasteiger partial charge in [-0.1, -0.05) is 13.8 Å². The minimum absolute atomic E-state index is 0.0698. The molecule has 0 saturated carbocycles. The third-order valence-electron chi connectivity index (χ3n) is 3.83. The van der Waals surface area contributed by atoms with Crippen molar-refractivity contribution < 1.29 is 17.9 Å². The molecule has 1 rings (SSSR count). The molecule has 0 spiro atoms. The summed E-state index contributed by atoms with van der Waals surface area (Å²) in [5, 5.41) is 2.93. The first-order chi connectivity index (χ1) is 11.9. The number of hydrogen-bond acceptors (Lipinski definition) is 5. The number of nitrogens with one attached hydrogen (secondary N) is 2. The molecule has 1 aromatic rings. The average molecular weight is 386 g/mol. The highest BCUT2D eigenvalue weighted by atomic mass is 32.2. The van der Waals surface area contributed by atoms with E-state index in [2.05, 4.69) is 23.9 Å². The van der Waals surface area contributed by atoms with E-state index in [4.69, 9.17) is 10.5 Å². The van der Waals surface area contributed by atoms with E-state index in [1.165, 1.54) is 25.3 Å². The summed E-state index contributed by atoms with van der Waals surface area (Å²) in [7, 11) is -2.42. The molecule has 8 heteroatoms. The van der Waals surface area contributed by atoms with Crippen LogP contribution in [0.2, 0.25) is 0 Å². The van der Waals surface area contributed by atoms with Crippen molar-refractivity contribution in [2.75, 3.05) is 13.7 Å². The number of methoxy groups -OCH3 is 1. The van der Waals surface area contributed by atoms with Crippen LogP contribution >= 0.6 is 0 Å². The lowest BCUT2D eigenvalue weighted by molar-refractivity contribution is 0.0898. The second kappa shape index (κ2) is 8.83. The zero-order valence-electron chi connectivity index (χ0n) is 16.4. The minimum atomic E-state index is -3.81. The maximum absolute atomic E-state index is 12.7. The van der Waals surface area contributed by atoms with Crippen molar-refractivity contribution in [2.45, 2.75) is 57.5 Å². The van der Waals surface area contributed by atoms with Crippen LogP contribution in [0.25, 0.3) is 0 Å².